The van der Waals surface area contributed by atoms with Crippen molar-refractivity contribution >= 4 is 27.3 Å². The van der Waals surface area contributed by atoms with Crippen molar-refractivity contribution in [1.82, 2.24) is 4.90 Å². The second-order valence-electron chi connectivity index (χ2n) is 5.43. The van der Waals surface area contributed by atoms with E-state index in [-0.39, 0.29) is 10.6 Å². The molecule has 1 aromatic carbocycles. The summed E-state index contributed by atoms with van der Waals surface area (Å²) in [5.74, 6) is 0. The highest BCUT2D eigenvalue weighted by atomic mass is 79.9. The molecule has 1 aromatic rings. The Morgan fingerprint density at radius 2 is 2.05 bits per heavy atom. The summed E-state index contributed by atoms with van der Waals surface area (Å²) >= 11 is 3.30. The molecule has 7 heteroatoms. The van der Waals surface area contributed by atoms with Crippen LogP contribution in [0.3, 0.4) is 0 Å². The van der Waals surface area contributed by atoms with Crippen molar-refractivity contribution in [1.29, 1.82) is 0 Å². The van der Waals surface area contributed by atoms with Crippen LogP contribution in [-0.4, -0.2) is 55.3 Å². The molecule has 2 aliphatic heterocycles. The minimum atomic E-state index is -0.303. The van der Waals surface area contributed by atoms with Gasteiger partial charge in [0.1, 0.15) is 5.69 Å². The Labute approximate surface area is 131 Å². The van der Waals surface area contributed by atoms with Crippen LogP contribution in [-0.2, 0) is 4.74 Å². The molecule has 0 aromatic heterocycles. The first-order chi connectivity index (χ1) is 10.1. The van der Waals surface area contributed by atoms with Crippen molar-refractivity contribution in [2.24, 2.45) is 0 Å². The molecule has 114 valence electrons. The average Bonchev–Trinajstić information content (AvgIpc) is 2.97. The van der Waals surface area contributed by atoms with Crippen LogP contribution in [0.15, 0.2) is 22.7 Å². The number of halogens is 1. The van der Waals surface area contributed by atoms with Gasteiger partial charge in [-0.2, -0.15) is 0 Å². The number of morpholine rings is 1. The van der Waals surface area contributed by atoms with Gasteiger partial charge in [-0.1, -0.05) is 15.9 Å². The third-order valence-corrected chi connectivity index (χ3v) is 4.69. The minimum Gasteiger partial charge on any atom is -0.379 e. The van der Waals surface area contributed by atoms with Crippen LogP contribution in [0, 0.1) is 10.1 Å². The molecule has 2 fully saturated rings. The van der Waals surface area contributed by atoms with Crippen LogP contribution >= 0.6 is 15.9 Å². The van der Waals surface area contributed by atoms with Crippen molar-refractivity contribution in [2.75, 3.05) is 44.3 Å². The zero-order valence-corrected chi connectivity index (χ0v) is 13.3. The molecule has 0 bridgehead atoms. The fourth-order valence-electron chi connectivity index (χ4n) is 3.11. The fourth-order valence-corrected chi connectivity index (χ4v) is 3.46. The second kappa shape index (κ2) is 6.29. The van der Waals surface area contributed by atoms with Gasteiger partial charge in [-0.25, -0.2) is 0 Å². The number of nitro groups is 1. The molecular formula is C14H18BrN3O3. The number of nitro benzene ring substituents is 1. The topological polar surface area (TPSA) is 58.9 Å². The Bertz CT molecular complexity index is 534. The monoisotopic (exact) mass is 355 g/mol. The van der Waals surface area contributed by atoms with Gasteiger partial charge in [-0.05, 0) is 18.6 Å². The van der Waals surface area contributed by atoms with Gasteiger partial charge in [0.05, 0.1) is 18.1 Å². The van der Waals surface area contributed by atoms with Gasteiger partial charge in [-0.15, -0.1) is 0 Å². The van der Waals surface area contributed by atoms with Crippen molar-refractivity contribution in [2.45, 2.75) is 12.5 Å². The third kappa shape index (κ3) is 3.20. The van der Waals surface area contributed by atoms with Crippen molar-refractivity contribution < 1.29 is 9.66 Å². The lowest BCUT2D eigenvalue weighted by molar-refractivity contribution is -0.384. The molecule has 1 atom stereocenters. The normalized spacial score (nSPS) is 23.5. The first kappa shape index (κ1) is 14.7. The van der Waals surface area contributed by atoms with Crippen molar-refractivity contribution in [3.63, 3.8) is 0 Å². The molecule has 0 radical (unpaired) electrons. The molecule has 1 unspecified atom stereocenters. The van der Waals surface area contributed by atoms with Gasteiger partial charge in [0.2, 0.25) is 0 Å². The van der Waals surface area contributed by atoms with Gasteiger partial charge in [0, 0.05) is 42.8 Å². The lowest BCUT2D eigenvalue weighted by Crippen LogP contribution is -2.44. The van der Waals surface area contributed by atoms with E-state index in [0.717, 1.165) is 56.0 Å². The second-order valence-corrected chi connectivity index (χ2v) is 6.34. The van der Waals surface area contributed by atoms with E-state index in [9.17, 15) is 10.1 Å². The van der Waals surface area contributed by atoms with Crippen LogP contribution in [0.4, 0.5) is 11.4 Å². The van der Waals surface area contributed by atoms with Gasteiger partial charge in [0.15, 0.2) is 0 Å². The molecule has 0 amide bonds. The number of ether oxygens (including phenoxy) is 1. The Kier molecular flexibility index (Phi) is 4.42. The summed E-state index contributed by atoms with van der Waals surface area (Å²) < 4.78 is 6.12. The molecule has 0 N–H and O–H groups in total. The SMILES string of the molecule is O=[N+]([O-])c1cc(Br)ccc1N1CCC(N2CCOCC2)C1. The van der Waals surface area contributed by atoms with E-state index < -0.39 is 0 Å². The smallest absolute Gasteiger partial charge is 0.293 e. The third-order valence-electron chi connectivity index (χ3n) is 4.20. The molecule has 2 heterocycles. The average molecular weight is 356 g/mol. The van der Waals surface area contributed by atoms with E-state index >= 15 is 0 Å². The summed E-state index contributed by atoms with van der Waals surface area (Å²) in [6.45, 7) is 5.21. The number of benzene rings is 1. The molecule has 0 saturated carbocycles. The lowest BCUT2D eigenvalue weighted by atomic mass is 10.2. The highest BCUT2D eigenvalue weighted by Gasteiger charge is 2.31. The van der Waals surface area contributed by atoms with Gasteiger partial charge < -0.3 is 9.64 Å². The first-order valence-electron chi connectivity index (χ1n) is 7.16. The summed E-state index contributed by atoms with van der Waals surface area (Å²) in [6.07, 6.45) is 1.05. The summed E-state index contributed by atoms with van der Waals surface area (Å²) in [6, 6.07) is 5.75. The molecule has 21 heavy (non-hydrogen) atoms. The maximum Gasteiger partial charge on any atom is 0.293 e. The van der Waals surface area contributed by atoms with Gasteiger partial charge in [-0.3, -0.25) is 15.0 Å². The summed E-state index contributed by atoms with van der Waals surface area (Å²) in [5, 5.41) is 11.2. The maximum absolute atomic E-state index is 11.2. The van der Waals surface area contributed by atoms with E-state index in [1.54, 1.807) is 6.07 Å². The van der Waals surface area contributed by atoms with E-state index in [4.69, 9.17) is 4.74 Å². The van der Waals surface area contributed by atoms with Crippen LogP contribution in [0.2, 0.25) is 0 Å². The Morgan fingerprint density at radius 3 is 2.76 bits per heavy atom. The highest BCUT2D eigenvalue weighted by Crippen LogP contribution is 2.34. The Balaban J connectivity index is 1.75. The predicted molar refractivity (Wildman–Crippen MR) is 83.8 cm³/mol. The molecule has 6 nitrogen and oxygen atoms in total. The molecule has 0 spiro atoms. The summed E-state index contributed by atoms with van der Waals surface area (Å²) in [7, 11) is 0. The lowest BCUT2D eigenvalue weighted by Gasteiger charge is -2.32. The van der Waals surface area contributed by atoms with Crippen molar-refractivity contribution in [3.05, 3.63) is 32.8 Å². The zero-order valence-electron chi connectivity index (χ0n) is 11.7. The van der Waals surface area contributed by atoms with Crippen LogP contribution in [0.5, 0.6) is 0 Å². The Hall–Kier alpha value is -1.18. The molecule has 3 rings (SSSR count). The summed E-state index contributed by atoms with van der Waals surface area (Å²) in [5.41, 5.74) is 0.894. The molecule has 0 aliphatic carbocycles. The summed E-state index contributed by atoms with van der Waals surface area (Å²) in [4.78, 5) is 15.5. The number of hydrogen-bond acceptors (Lipinski definition) is 5. The fraction of sp³-hybridized carbons (Fsp3) is 0.571. The molecule has 2 aliphatic rings. The van der Waals surface area contributed by atoms with E-state index in [1.165, 1.54) is 0 Å². The number of rotatable bonds is 3. The molecule has 2 saturated heterocycles. The van der Waals surface area contributed by atoms with Crippen LogP contribution < -0.4 is 4.90 Å². The van der Waals surface area contributed by atoms with E-state index in [0.29, 0.717) is 6.04 Å². The minimum absolute atomic E-state index is 0.173. The van der Waals surface area contributed by atoms with Crippen LogP contribution in [0.1, 0.15) is 6.42 Å². The standard InChI is InChI=1S/C14H18BrN3O3/c15-11-1-2-13(14(9-11)18(19)20)17-4-3-12(10-17)16-5-7-21-8-6-16/h1-2,9,12H,3-8,10H2. The van der Waals surface area contributed by atoms with E-state index in [1.807, 2.05) is 12.1 Å². The Morgan fingerprint density at radius 1 is 1.29 bits per heavy atom. The quantitative estimate of drug-likeness (QED) is 0.614. The number of hydrogen-bond donors (Lipinski definition) is 0. The number of anilines is 1. The van der Waals surface area contributed by atoms with Gasteiger partial charge in [0.25, 0.3) is 5.69 Å². The van der Waals surface area contributed by atoms with Crippen molar-refractivity contribution in [3.8, 4) is 0 Å². The predicted octanol–water partition coefficient (Wildman–Crippen LogP) is 2.27. The van der Waals surface area contributed by atoms with Gasteiger partial charge >= 0.3 is 0 Å². The molecular weight excluding hydrogens is 338 g/mol. The first-order valence-corrected chi connectivity index (χ1v) is 7.95. The maximum atomic E-state index is 11.2. The number of nitrogens with zero attached hydrogens (tertiary/aromatic N) is 3. The highest BCUT2D eigenvalue weighted by molar-refractivity contribution is 9.10. The largest absolute Gasteiger partial charge is 0.379 e. The van der Waals surface area contributed by atoms with E-state index in [2.05, 4.69) is 25.7 Å². The zero-order chi connectivity index (χ0) is 14.8. The van der Waals surface area contributed by atoms with Crippen LogP contribution in [0.25, 0.3) is 0 Å².